The van der Waals surface area contributed by atoms with Gasteiger partial charge in [0.1, 0.15) is 0 Å². The Labute approximate surface area is 107 Å². The summed E-state index contributed by atoms with van der Waals surface area (Å²) in [5.41, 5.74) is 5.69. The summed E-state index contributed by atoms with van der Waals surface area (Å²) in [6.45, 7) is 7.75. The number of carbonyl (C=O) groups is 1. The summed E-state index contributed by atoms with van der Waals surface area (Å²) in [7, 11) is 1.88. The van der Waals surface area contributed by atoms with Crippen molar-refractivity contribution in [2.75, 3.05) is 20.1 Å². The standard InChI is InChI=1S/C14H30N2O/c1-5-6-7-8-9-10-13(17)16(4)12-14(2,3)11-15/h5-12,15H2,1-4H3. The van der Waals surface area contributed by atoms with Crippen molar-refractivity contribution in [1.82, 2.24) is 4.90 Å². The minimum absolute atomic E-state index is 0.0205. The van der Waals surface area contributed by atoms with E-state index in [-0.39, 0.29) is 11.3 Å². The van der Waals surface area contributed by atoms with Gasteiger partial charge in [0, 0.05) is 20.0 Å². The molecule has 0 heterocycles. The van der Waals surface area contributed by atoms with E-state index < -0.39 is 0 Å². The topological polar surface area (TPSA) is 46.3 Å². The molecule has 0 unspecified atom stereocenters. The average Bonchev–Trinajstić information content (AvgIpc) is 2.28. The second-order valence-electron chi connectivity index (χ2n) is 5.78. The molecule has 0 aliphatic carbocycles. The smallest absolute Gasteiger partial charge is 0.222 e. The van der Waals surface area contributed by atoms with E-state index in [2.05, 4.69) is 20.8 Å². The monoisotopic (exact) mass is 242 g/mol. The minimum Gasteiger partial charge on any atom is -0.345 e. The molecule has 0 radical (unpaired) electrons. The van der Waals surface area contributed by atoms with Gasteiger partial charge in [0.05, 0.1) is 0 Å². The number of carbonyl (C=O) groups excluding carboxylic acids is 1. The fourth-order valence-electron chi connectivity index (χ4n) is 1.87. The second-order valence-corrected chi connectivity index (χ2v) is 5.78. The molecule has 0 saturated heterocycles. The Bertz CT molecular complexity index is 214. The maximum Gasteiger partial charge on any atom is 0.222 e. The van der Waals surface area contributed by atoms with Gasteiger partial charge in [-0.3, -0.25) is 4.79 Å². The van der Waals surface area contributed by atoms with Gasteiger partial charge < -0.3 is 10.6 Å². The van der Waals surface area contributed by atoms with Gasteiger partial charge in [-0.15, -0.1) is 0 Å². The Morgan fingerprint density at radius 2 is 1.76 bits per heavy atom. The third-order valence-corrected chi connectivity index (χ3v) is 3.14. The molecule has 2 N–H and O–H groups in total. The van der Waals surface area contributed by atoms with Crippen LogP contribution in [0.4, 0.5) is 0 Å². The van der Waals surface area contributed by atoms with Gasteiger partial charge >= 0.3 is 0 Å². The van der Waals surface area contributed by atoms with Crippen molar-refractivity contribution in [3.63, 3.8) is 0 Å². The molecule has 0 aliphatic heterocycles. The number of unbranched alkanes of at least 4 members (excludes halogenated alkanes) is 4. The Balaban J connectivity index is 3.75. The van der Waals surface area contributed by atoms with Crippen molar-refractivity contribution in [1.29, 1.82) is 0 Å². The predicted molar refractivity (Wildman–Crippen MR) is 73.8 cm³/mol. The Hall–Kier alpha value is -0.570. The van der Waals surface area contributed by atoms with Crippen molar-refractivity contribution in [2.45, 2.75) is 59.3 Å². The molecule has 0 rings (SSSR count). The average molecular weight is 242 g/mol. The molecule has 0 saturated carbocycles. The number of nitrogens with zero attached hydrogens (tertiary/aromatic N) is 1. The normalized spacial score (nSPS) is 11.6. The molecular formula is C14H30N2O. The molecular weight excluding hydrogens is 212 g/mol. The first kappa shape index (κ1) is 16.4. The zero-order chi connectivity index (χ0) is 13.3. The maximum absolute atomic E-state index is 11.9. The quantitative estimate of drug-likeness (QED) is 0.632. The number of hydrogen-bond donors (Lipinski definition) is 1. The first-order valence-electron chi connectivity index (χ1n) is 6.87. The van der Waals surface area contributed by atoms with E-state index in [1.165, 1.54) is 25.7 Å². The highest BCUT2D eigenvalue weighted by atomic mass is 16.2. The highest BCUT2D eigenvalue weighted by Gasteiger charge is 2.20. The molecule has 17 heavy (non-hydrogen) atoms. The first-order chi connectivity index (χ1) is 7.93. The Kier molecular flexibility index (Phi) is 8.23. The fraction of sp³-hybridized carbons (Fsp3) is 0.929. The van der Waals surface area contributed by atoms with Gasteiger partial charge in [-0.25, -0.2) is 0 Å². The van der Waals surface area contributed by atoms with E-state index in [1.54, 1.807) is 0 Å². The van der Waals surface area contributed by atoms with Crippen LogP contribution in [-0.2, 0) is 4.79 Å². The van der Waals surface area contributed by atoms with Crippen LogP contribution < -0.4 is 5.73 Å². The van der Waals surface area contributed by atoms with E-state index in [9.17, 15) is 4.79 Å². The second kappa shape index (κ2) is 8.51. The van der Waals surface area contributed by atoms with Crippen LogP contribution in [0.15, 0.2) is 0 Å². The van der Waals surface area contributed by atoms with Crippen molar-refractivity contribution in [3.8, 4) is 0 Å². The van der Waals surface area contributed by atoms with Crippen molar-refractivity contribution in [3.05, 3.63) is 0 Å². The lowest BCUT2D eigenvalue weighted by molar-refractivity contribution is -0.131. The van der Waals surface area contributed by atoms with Gasteiger partial charge in [0.25, 0.3) is 0 Å². The molecule has 102 valence electrons. The fourth-order valence-corrected chi connectivity index (χ4v) is 1.87. The lowest BCUT2D eigenvalue weighted by atomic mass is 9.93. The number of nitrogens with two attached hydrogens (primary N) is 1. The summed E-state index contributed by atoms with van der Waals surface area (Å²) in [5.74, 6) is 0.253. The van der Waals surface area contributed by atoms with Crippen LogP contribution in [0, 0.1) is 5.41 Å². The van der Waals surface area contributed by atoms with E-state index in [0.29, 0.717) is 13.0 Å². The minimum atomic E-state index is 0.0205. The Morgan fingerprint density at radius 3 is 2.29 bits per heavy atom. The van der Waals surface area contributed by atoms with Crippen LogP contribution >= 0.6 is 0 Å². The molecule has 0 bridgehead atoms. The molecule has 0 aromatic heterocycles. The molecule has 0 fully saturated rings. The van der Waals surface area contributed by atoms with Crippen molar-refractivity contribution >= 4 is 5.91 Å². The van der Waals surface area contributed by atoms with Crippen molar-refractivity contribution in [2.24, 2.45) is 11.1 Å². The van der Waals surface area contributed by atoms with E-state index in [1.807, 2.05) is 11.9 Å². The van der Waals surface area contributed by atoms with Gasteiger partial charge in [-0.2, -0.15) is 0 Å². The first-order valence-corrected chi connectivity index (χ1v) is 6.87. The SMILES string of the molecule is CCCCCCCC(=O)N(C)CC(C)(C)CN. The van der Waals surface area contributed by atoms with Crippen LogP contribution in [0.3, 0.4) is 0 Å². The van der Waals surface area contributed by atoms with Gasteiger partial charge in [-0.1, -0.05) is 46.5 Å². The summed E-state index contributed by atoms with van der Waals surface area (Å²) >= 11 is 0. The third-order valence-electron chi connectivity index (χ3n) is 3.14. The summed E-state index contributed by atoms with van der Waals surface area (Å²) < 4.78 is 0. The zero-order valence-corrected chi connectivity index (χ0v) is 12.1. The maximum atomic E-state index is 11.9. The molecule has 3 heteroatoms. The Morgan fingerprint density at radius 1 is 1.18 bits per heavy atom. The summed E-state index contributed by atoms with van der Waals surface area (Å²) in [6, 6.07) is 0. The number of amides is 1. The summed E-state index contributed by atoms with van der Waals surface area (Å²) in [6.07, 6.45) is 6.66. The molecule has 3 nitrogen and oxygen atoms in total. The number of rotatable bonds is 9. The van der Waals surface area contributed by atoms with Gasteiger partial charge in [0.2, 0.25) is 5.91 Å². The summed E-state index contributed by atoms with van der Waals surface area (Å²) in [4.78, 5) is 13.7. The molecule has 0 aromatic rings. The molecule has 0 spiro atoms. The molecule has 0 aromatic carbocycles. The largest absolute Gasteiger partial charge is 0.345 e. The number of hydrogen-bond acceptors (Lipinski definition) is 2. The zero-order valence-electron chi connectivity index (χ0n) is 12.1. The van der Waals surface area contributed by atoms with E-state index in [4.69, 9.17) is 5.73 Å². The predicted octanol–water partition coefficient (Wildman–Crippen LogP) is 2.79. The highest BCUT2D eigenvalue weighted by Crippen LogP contribution is 2.15. The highest BCUT2D eigenvalue weighted by molar-refractivity contribution is 5.75. The lowest BCUT2D eigenvalue weighted by Gasteiger charge is -2.29. The van der Waals surface area contributed by atoms with Crippen LogP contribution in [0.2, 0.25) is 0 Å². The summed E-state index contributed by atoms with van der Waals surface area (Å²) in [5, 5.41) is 0. The third kappa shape index (κ3) is 8.19. The van der Waals surface area contributed by atoms with Crippen LogP contribution in [0.5, 0.6) is 0 Å². The molecule has 0 atom stereocenters. The van der Waals surface area contributed by atoms with Crippen LogP contribution in [0.1, 0.15) is 59.3 Å². The van der Waals surface area contributed by atoms with Gasteiger partial charge in [-0.05, 0) is 18.4 Å². The van der Waals surface area contributed by atoms with E-state index in [0.717, 1.165) is 13.0 Å². The molecule has 1 amide bonds. The van der Waals surface area contributed by atoms with Crippen molar-refractivity contribution < 1.29 is 4.79 Å². The van der Waals surface area contributed by atoms with E-state index >= 15 is 0 Å². The molecule has 0 aliphatic rings. The van der Waals surface area contributed by atoms with Gasteiger partial charge in [0.15, 0.2) is 0 Å². The van der Waals surface area contributed by atoms with Crippen LogP contribution in [-0.4, -0.2) is 30.9 Å². The lowest BCUT2D eigenvalue weighted by Crippen LogP contribution is -2.39. The van der Waals surface area contributed by atoms with Crippen LogP contribution in [0.25, 0.3) is 0 Å².